The third-order valence-corrected chi connectivity index (χ3v) is 6.80. The molecule has 0 radical (unpaired) electrons. The molecule has 1 N–H and O–H groups in total. The Morgan fingerprint density at radius 2 is 1.80 bits per heavy atom. The number of carbonyl (C=O) groups excluding carboxylic acids is 1. The van der Waals surface area contributed by atoms with E-state index in [0.717, 1.165) is 11.5 Å². The fourth-order valence-electron chi connectivity index (χ4n) is 2.48. The van der Waals surface area contributed by atoms with Crippen LogP contribution in [-0.4, -0.2) is 24.0 Å². The monoisotopic (exact) mass is 381 g/mol. The number of halogens is 2. The Balaban J connectivity index is 1.61. The molecule has 2 aromatic carbocycles. The quantitative estimate of drug-likeness (QED) is 0.787. The zero-order valence-corrected chi connectivity index (χ0v) is 14.9. The molecule has 1 fully saturated rings. The summed E-state index contributed by atoms with van der Waals surface area (Å²) in [6.45, 7) is -2.77. The van der Waals surface area contributed by atoms with Gasteiger partial charge in [-0.1, -0.05) is 30.3 Å². The molecule has 0 bridgehead atoms. The van der Waals surface area contributed by atoms with Crippen molar-refractivity contribution in [2.45, 2.75) is 17.7 Å². The number of alkyl halides is 2. The Morgan fingerprint density at radius 3 is 2.48 bits per heavy atom. The first-order chi connectivity index (χ1) is 12.1. The number of rotatable bonds is 6. The molecule has 1 heterocycles. The van der Waals surface area contributed by atoms with Crippen LogP contribution in [-0.2, 0) is 6.54 Å². The maximum Gasteiger partial charge on any atom is 0.387 e. The van der Waals surface area contributed by atoms with E-state index in [1.165, 1.54) is 11.6 Å². The molecule has 0 saturated carbocycles. The van der Waals surface area contributed by atoms with Crippen LogP contribution in [0.25, 0.3) is 0 Å². The first kappa shape index (κ1) is 18.1. The van der Waals surface area contributed by atoms with Gasteiger partial charge in [0.05, 0.1) is 4.58 Å². The van der Waals surface area contributed by atoms with Gasteiger partial charge in [0, 0.05) is 29.2 Å². The summed E-state index contributed by atoms with van der Waals surface area (Å²) >= 11 is 3.82. The van der Waals surface area contributed by atoms with Crippen LogP contribution >= 0.6 is 23.5 Å². The molecule has 1 amide bonds. The highest BCUT2D eigenvalue weighted by Crippen LogP contribution is 2.45. The molecule has 0 aliphatic carbocycles. The molecule has 0 unspecified atom stereocenters. The third kappa shape index (κ3) is 4.89. The molecule has 1 saturated heterocycles. The number of hydrogen-bond acceptors (Lipinski definition) is 4. The van der Waals surface area contributed by atoms with E-state index in [1.54, 1.807) is 30.3 Å². The Morgan fingerprint density at radius 1 is 1.12 bits per heavy atom. The molecule has 2 aromatic rings. The summed E-state index contributed by atoms with van der Waals surface area (Å²) in [6, 6.07) is 14.0. The number of thioether (sulfide) groups is 2. The molecule has 1 aliphatic rings. The van der Waals surface area contributed by atoms with Gasteiger partial charge in [-0.05, 0) is 23.8 Å². The lowest BCUT2D eigenvalue weighted by Gasteiger charge is -2.12. The van der Waals surface area contributed by atoms with Crippen LogP contribution in [0.15, 0.2) is 48.5 Å². The van der Waals surface area contributed by atoms with Crippen molar-refractivity contribution in [3.05, 3.63) is 65.2 Å². The fourth-order valence-corrected chi connectivity index (χ4v) is 5.34. The summed E-state index contributed by atoms with van der Waals surface area (Å²) in [6.07, 6.45) is 0. The molecular weight excluding hydrogens is 364 g/mol. The van der Waals surface area contributed by atoms with Gasteiger partial charge in [-0.15, -0.1) is 23.5 Å². The average Bonchev–Trinajstić information content (AvgIpc) is 3.15. The molecule has 1 aliphatic heterocycles. The summed E-state index contributed by atoms with van der Waals surface area (Å²) in [4.78, 5) is 12.3. The molecular formula is C18H17F2NO2S2. The molecule has 0 atom stereocenters. The van der Waals surface area contributed by atoms with Crippen molar-refractivity contribution in [2.24, 2.45) is 0 Å². The highest BCUT2D eigenvalue weighted by molar-refractivity contribution is 8.19. The van der Waals surface area contributed by atoms with E-state index in [2.05, 4.69) is 10.1 Å². The number of benzene rings is 2. The second kappa shape index (κ2) is 8.58. The van der Waals surface area contributed by atoms with Crippen molar-refractivity contribution in [3.63, 3.8) is 0 Å². The van der Waals surface area contributed by atoms with Gasteiger partial charge in [-0.25, -0.2) is 0 Å². The van der Waals surface area contributed by atoms with Gasteiger partial charge >= 0.3 is 6.61 Å². The molecule has 7 heteroatoms. The Bertz CT molecular complexity index is 719. The lowest BCUT2D eigenvalue weighted by atomic mass is 10.1. The van der Waals surface area contributed by atoms with E-state index in [0.29, 0.717) is 15.7 Å². The van der Waals surface area contributed by atoms with E-state index in [4.69, 9.17) is 0 Å². The second-order valence-electron chi connectivity index (χ2n) is 5.36. The van der Waals surface area contributed by atoms with E-state index in [1.807, 2.05) is 35.7 Å². The highest BCUT2D eigenvalue weighted by Gasteiger charge is 2.18. The highest BCUT2D eigenvalue weighted by atomic mass is 32.2. The van der Waals surface area contributed by atoms with Gasteiger partial charge in [0.15, 0.2) is 0 Å². The number of ether oxygens (including phenoxy) is 1. The summed E-state index contributed by atoms with van der Waals surface area (Å²) in [7, 11) is 0. The maximum absolute atomic E-state index is 12.4. The van der Waals surface area contributed by atoms with Gasteiger partial charge in [0.1, 0.15) is 5.75 Å². The zero-order chi connectivity index (χ0) is 17.6. The predicted octanol–water partition coefficient (Wildman–Crippen LogP) is 4.70. The van der Waals surface area contributed by atoms with Gasteiger partial charge in [-0.2, -0.15) is 8.78 Å². The number of para-hydroxylation sites is 1. The molecule has 3 rings (SSSR count). The minimum Gasteiger partial charge on any atom is -0.434 e. The fraction of sp³-hybridized carbons (Fsp3) is 0.278. The smallest absolute Gasteiger partial charge is 0.387 e. The first-order valence-corrected chi connectivity index (χ1v) is 9.87. The SMILES string of the molecule is O=C(NCc1ccccc1OC(F)F)c1ccc(C2SCCS2)cc1. The van der Waals surface area contributed by atoms with Gasteiger partial charge in [0.2, 0.25) is 0 Å². The number of nitrogens with one attached hydrogen (secondary N) is 1. The number of carbonyl (C=O) groups is 1. The van der Waals surface area contributed by atoms with Gasteiger partial charge in [0.25, 0.3) is 5.91 Å². The van der Waals surface area contributed by atoms with Crippen molar-refractivity contribution in [2.75, 3.05) is 11.5 Å². The van der Waals surface area contributed by atoms with Crippen LogP contribution in [0.1, 0.15) is 26.1 Å². The molecule has 0 aromatic heterocycles. The summed E-state index contributed by atoms with van der Waals surface area (Å²) in [5, 5.41) is 2.74. The van der Waals surface area contributed by atoms with Crippen LogP contribution in [0.4, 0.5) is 8.78 Å². The lowest BCUT2D eigenvalue weighted by Crippen LogP contribution is -2.23. The van der Waals surface area contributed by atoms with Crippen LogP contribution in [0.2, 0.25) is 0 Å². The van der Waals surface area contributed by atoms with Crippen molar-refractivity contribution in [1.29, 1.82) is 0 Å². The molecule has 0 spiro atoms. The summed E-state index contributed by atoms with van der Waals surface area (Å²) in [5.41, 5.74) is 2.26. The predicted molar refractivity (Wildman–Crippen MR) is 98.3 cm³/mol. The minimum absolute atomic E-state index is 0.0726. The Hall–Kier alpha value is -1.73. The molecule has 132 valence electrons. The van der Waals surface area contributed by atoms with Crippen molar-refractivity contribution in [1.82, 2.24) is 5.32 Å². The van der Waals surface area contributed by atoms with E-state index in [-0.39, 0.29) is 18.2 Å². The van der Waals surface area contributed by atoms with Crippen LogP contribution in [0.5, 0.6) is 5.75 Å². The average molecular weight is 381 g/mol. The maximum atomic E-state index is 12.4. The zero-order valence-electron chi connectivity index (χ0n) is 13.3. The molecule has 3 nitrogen and oxygen atoms in total. The van der Waals surface area contributed by atoms with Gasteiger partial charge < -0.3 is 10.1 Å². The van der Waals surface area contributed by atoms with Crippen molar-refractivity contribution in [3.8, 4) is 5.75 Å². The lowest BCUT2D eigenvalue weighted by molar-refractivity contribution is -0.0504. The van der Waals surface area contributed by atoms with Gasteiger partial charge in [-0.3, -0.25) is 4.79 Å². The number of amides is 1. The van der Waals surface area contributed by atoms with Crippen LogP contribution in [0, 0.1) is 0 Å². The second-order valence-corrected chi connectivity index (χ2v) is 8.09. The largest absolute Gasteiger partial charge is 0.434 e. The van der Waals surface area contributed by atoms with Crippen molar-refractivity contribution >= 4 is 29.4 Å². The van der Waals surface area contributed by atoms with E-state index < -0.39 is 6.61 Å². The minimum atomic E-state index is -2.89. The Kier molecular flexibility index (Phi) is 6.20. The third-order valence-electron chi connectivity index (χ3n) is 3.69. The molecule has 25 heavy (non-hydrogen) atoms. The van der Waals surface area contributed by atoms with Crippen LogP contribution in [0.3, 0.4) is 0 Å². The summed E-state index contributed by atoms with van der Waals surface area (Å²) < 4.78 is 29.7. The van der Waals surface area contributed by atoms with E-state index >= 15 is 0 Å². The standard InChI is InChI=1S/C18H17F2NO2S2/c19-18(20)23-15-4-2-1-3-14(15)11-21-16(22)12-5-7-13(8-6-12)17-24-9-10-25-17/h1-8,17-18H,9-11H2,(H,21,22). The first-order valence-electron chi connectivity index (χ1n) is 7.77. The van der Waals surface area contributed by atoms with Crippen LogP contribution < -0.4 is 10.1 Å². The topological polar surface area (TPSA) is 38.3 Å². The number of hydrogen-bond donors (Lipinski definition) is 1. The van der Waals surface area contributed by atoms with E-state index in [9.17, 15) is 13.6 Å². The Labute approximate surface area is 153 Å². The summed E-state index contributed by atoms with van der Waals surface area (Å²) in [5.74, 6) is 2.13. The normalized spacial score (nSPS) is 14.7. The van der Waals surface area contributed by atoms with Crippen molar-refractivity contribution < 1.29 is 18.3 Å².